The number of carbonyl (C=O) groups excluding carboxylic acids is 2. The molecular formula is C16H20ClF4N3O2. The maximum atomic E-state index is 13.1. The molecule has 2 amide bonds. The van der Waals surface area contributed by atoms with Crippen molar-refractivity contribution in [3.63, 3.8) is 0 Å². The average Bonchev–Trinajstić information content (AvgIpc) is 2.55. The summed E-state index contributed by atoms with van der Waals surface area (Å²) in [5, 5.41) is 4.67. The van der Waals surface area contributed by atoms with Crippen LogP contribution < -0.4 is 10.6 Å². The number of alkyl halides is 3. The van der Waals surface area contributed by atoms with Crippen LogP contribution in [0.25, 0.3) is 0 Å². The highest BCUT2D eigenvalue weighted by Gasteiger charge is 2.42. The van der Waals surface area contributed by atoms with Gasteiger partial charge in [-0.05, 0) is 31.2 Å². The van der Waals surface area contributed by atoms with E-state index in [1.54, 1.807) is 7.05 Å². The highest BCUT2D eigenvalue weighted by Crippen LogP contribution is 2.29. The van der Waals surface area contributed by atoms with Gasteiger partial charge in [-0.25, -0.2) is 4.39 Å². The first-order chi connectivity index (χ1) is 11.7. The van der Waals surface area contributed by atoms with Gasteiger partial charge < -0.3 is 15.5 Å². The second-order valence-electron chi connectivity index (χ2n) is 5.89. The second kappa shape index (κ2) is 9.18. The van der Waals surface area contributed by atoms with Gasteiger partial charge >= 0.3 is 12.1 Å². The van der Waals surface area contributed by atoms with Crippen molar-refractivity contribution in [2.24, 2.45) is 0 Å². The molecule has 5 nitrogen and oxygen atoms in total. The summed E-state index contributed by atoms with van der Waals surface area (Å²) in [6, 6.07) is 4.50. The number of hydrogen-bond acceptors (Lipinski definition) is 3. The Labute approximate surface area is 154 Å². The van der Waals surface area contributed by atoms with Crippen LogP contribution in [0, 0.1) is 5.82 Å². The van der Waals surface area contributed by atoms with Crippen LogP contribution in [0.2, 0.25) is 0 Å². The molecule has 10 heteroatoms. The summed E-state index contributed by atoms with van der Waals surface area (Å²) >= 11 is 0. The number of nitrogens with zero attached hydrogens (tertiary/aromatic N) is 1. The number of halogens is 5. The standard InChI is InChI=1S/C16H19F4N3O2.ClH/c1-21-8-14(24)23-7-6-12(10-2-4-11(17)5-3-10)13(9-23)22-15(25)16(18,19)20;/h2-5,12-13,21H,6-9H2,1H3,(H,22,25);1H. The highest BCUT2D eigenvalue weighted by atomic mass is 35.5. The van der Waals surface area contributed by atoms with Gasteiger partial charge in [0, 0.05) is 19.0 Å². The van der Waals surface area contributed by atoms with Crippen LogP contribution in [0.5, 0.6) is 0 Å². The van der Waals surface area contributed by atoms with Crippen molar-refractivity contribution in [1.29, 1.82) is 0 Å². The molecule has 0 spiro atoms. The molecule has 1 heterocycles. The zero-order valence-corrected chi connectivity index (χ0v) is 14.8. The molecule has 1 fully saturated rings. The van der Waals surface area contributed by atoms with Crippen LogP contribution in [0.4, 0.5) is 17.6 Å². The van der Waals surface area contributed by atoms with E-state index in [9.17, 15) is 27.2 Å². The fourth-order valence-corrected chi connectivity index (χ4v) is 2.95. The number of rotatable bonds is 4. The Morgan fingerprint density at radius 3 is 2.38 bits per heavy atom. The van der Waals surface area contributed by atoms with E-state index in [-0.39, 0.29) is 31.4 Å². The first kappa shape index (κ1) is 22.2. The fourth-order valence-electron chi connectivity index (χ4n) is 2.95. The van der Waals surface area contributed by atoms with Gasteiger partial charge in [0.2, 0.25) is 5.91 Å². The lowest BCUT2D eigenvalue weighted by molar-refractivity contribution is -0.175. The first-order valence-corrected chi connectivity index (χ1v) is 7.78. The minimum absolute atomic E-state index is 0. The second-order valence-corrected chi connectivity index (χ2v) is 5.89. The molecular weight excluding hydrogens is 378 g/mol. The monoisotopic (exact) mass is 397 g/mol. The SMILES string of the molecule is CNCC(=O)N1CCC(c2ccc(F)cc2)C(NC(=O)C(F)(F)F)C1.Cl. The van der Waals surface area contributed by atoms with Crippen LogP contribution >= 0.6 is 12.4 Å². The third-order valence-electron chi connectivity index (χ3n) is 4.17. The molecule has 1 aromatic rings. The van der Waals surface area contributed by atoms with E-state index in [0.717, 1.165) is 0 Å². The number of piperidine rings is 1. The zero-order chi connectivity index (χ0) is 18.6. The molecule has 0 radical (unpaired) electrons. The van der Waals surface area contributed by atoms with E-state index in [1.807, 2.05) is 5.32 Å². The lowest BCUT2D eigenvalue weighted by Gasteiger charge is -2.39. The number of likely N-dealkylation sites (N-methyl/N-ethyl adjacent to an activating group) is 1. The van der Waals surface area contributed by atoms with Crippen LogP contribution in [-0.4, -0.2) is 55.6 Å². The summed E-state index contributed by atoms with van der Waals surface area (Å²) in [6.45, 7) is 0.368. The smallest absolute Gasteiger partial charge is 0.343 e. The minimum Gasteiger partial charge on any atom is -0.343 e. The number of hydrogen-bond donors (Lipinski definition) is 2. The van der Waals surface area contributed by atoms with Gasteiger partial charge in [0.1, 0.15) is 5.82 Å². The number of nitrogens with one attached hydrogen (secondary N) is 2. The molecule has 1 saturated heterocycles. The third kappa shape index (κ3) is 5.57. The predicted octanol–water partition coefficient (Wildman–Crippen LogP) is 1.83. The topological polar surface area (TPSA) is 61.4 Å². The molecule has 1 aliphatic heterocycles. The summed E-state index contributed by atoms with van der Waals surface area (Å²) in [7, 11) is 1.59. The molecule has 2 unspecified atom stereocenters. The number of amides is 2. The summed E-state index contributed by atoms with van der Waals surface area (Å²) in [5.41, 5.74) is 0.620. The maximum Gasteiger partial charge on any atom is 0.471 e. The summed E-state index contributed by atoms with van der Waals surface area (Å²) in [4.78, 5) is 24.8. The van der Waals surface area contributed by atoms with Gasteiger partial charge in [0.15, 0.2) is 0 Å². The summed E-state index contributed by atoms with van der Waals surface area (Å²) < 4.78 is 50.9. The van der Waals surface area contributed by atoms with Crippen molar-refractivity contribution in [3.8, 4) is 0 Å². The Hall–Kier alpha value is -1.87. The van der Waals surface area contributed by atoms with Crippen molar-refractivity contribution in [2.45, 2.75) is 24.6 Å². The molecule has 0 saturated carbocycles. The van der Waals surface area contributed by atoms with Crippen molar-refractivity contribution >= 4 is 24.2 Å². The van der Waals surface area contributed by atoms with Crippen molar-refractivity contribution in [2.75, 3.05) is 26.7 Å². The Morgan fingerprint density at radius 2 is 1.85 bits per heavy atom. The van der Waals surface area contributed by atoms with E-state index in [1.165, 1.54) is 29.2 Å². The van der Waals surface area contributed by atoms with Crippen LogP contribution in [0.15, 0.2) is 24.3 Å². The van der Waals surface area contributed by atoms with Gasteiger partial charge in [-0.3, -0.25) is 9.59 Å². The van der Waals surface area contributed by atoms with Crippen LogP contribution in [-0.2, 0) is 9.59 Å². The van der Waals surface area contributed by atoms with E-state index < -0.39 is 29.9 Å². The summed E-state index contributed by atoms with van der Waals surface area (Å²) in [5.74, 6) is -3.20. The molecule has 0 bridgehead atoms. The van der Waals surface area contributed by atoms with Crippen LogP contribution in [0.3, 0.4) is 0 Å². The maximum absolute atomic E-state index is 13.1. The van der Waals surface area contributed by atoms with E-state index in [0.29, 0.717) is 18.5 Å². The number of benzene rings is 1. The van der Waals surface area contributed by atoms with Crippen LogP contribution in [0.1, 0.15) is 17.9 Å². The minimum atomic E-state index is -5.01. The van der Waals surface area contributed by atoms with Gasteiger partial charge in [0.25, 0.3) is 0 Å². The Kier molecular flexibility index (Phi) is 7.83. The van der Waals surface area contributed by atoms with Crippen molar-refractivity contribution in [3.05, 3.63) is 35.6 Å². The molecule has 146 valence electrons. The largest absolute Gasteiger partial charge is 0.471 e. The Balaban J connectivity index is 0.00000338. The Morgan fingerprint density at radius 1 is 1.23 bits per heavy atom. The number of carbonyl (C=O) groups is 2. The van der Waals surface area contributed by atoms with E-state index in [4.69, 9.17) is 0 Å². The molecule has 2 atom stereocenters. The lowest BCUT2D eigenvalue weighted by Crippen LogP contribution is -2.56. The normalized spacial score (nSPS) is 20.3. The molecule has 2 rings (SSSR count). The van der Waals surface area contributed by atoms with Gasteiger partial charge in [0.05, 0.1) is 12.6 Å². The molecule has 0 aliphatic carbocycles. The van der Waals surface area contributed by atoms with Crippen molar-refractivity contribution < 1.29 is 27.2 Å². The molecule has 1 aliphatic rings. The van der Waals surface area contributed by atoms with E-state index in [2.05, 4.69) is 5.32 Å². The lowest BCUT2D eigenvalue weighted by atomic mass is 9.85. The summed E-state index contributed by atoms with van der Waals surface area (Å²) in [6.07, 6.45) is -4.64. The molecule has 1 aromatic carbocycles. The van der Waals surface area contributed by atoms with Gasteiger partial charge in [-0.1, -0.05) is 12.1 Å². The predicted molar refractivity (Wildman–Crippen MR) is 89.5 cm³/mol. The van der Waals surface area contributed by atoms with Gasteiger partial charge in [-0.2, -0.15) is 13.2 Å². The van der Waals surface area contributed by atoms with Gasteiger partial charge in [-0.15, -0.1) is 12.4 Å². The third-order valence-corrected chi connectivity index (χ3v) is 4.17. The van der Waals surface area contributed by atoms with Crippen molar-refractivity contribution in [1.82, 2.24) is 15.5 Å². The molecule has 2 N–H and O–H groups in total. The average molecular weight is 398 g/mol. The Bertz CT molecular complexity index is 625. The molecule has 0 aromatic heterocycles. The van der Waals surface area contributed by atoms with E-state index >= 15 is 0 Å². The fraction of sp³-hybridized carbons (Fsp3) is 0.500. The highest BCUT2D eigenvalue weighted by molar-refractivity contribution is 5.85. The first-order valence-electron chi connectivity index (χ1n) is 7.78. The molecule has 26 heavy (non-hydrogen) atoms. The quantitative estimate of drug-likeness (QED) is 0.762. The number of likely N-dealkylation sites (tertiary alicyclic amines) is 1. The zero-order valence-electron chi connectivity index (χ0n) is 14.0.